The minimum absolute atomic E-state index is 0.473. The maximum absolute atomic E-state index is 4.40. The van der Waals surface area contributed by atoms with Crippen LogP contribution in [0.5, 0.6) is 0 Å². The molecule has 0 saturated heterocycles. The van der Waals surface area contributed by atoms with Gasteiger partial charge in [-0.3, -0.25) is 5.01 Å². The molecule has 3 heteroatoms. The Kier molecular flexibility index (Phi) is 2.69. The van der Waals surface area contributed by atoms with Gasteiger partial charge in [0.05, 0.1) is 0 Å². The summed E-state index contributed by atoms with van der Waals surface area (Å²) >= 11 is 3.64. The lowest BCUT2D eigenvalue weighted by molar-refractivity contribution is 0.167. The molecule has 0 aromatic heterocycles. The van der Waals surface area contributed by atoms with E-state index < -0.39 is 0 Å². The predicted octanol–water partition coefficient (Wildman–Crippen LogP) is 2.73. The SMILES string of the molecule is BrC1CC=NN1C1CCCCC1. The number of hydrazone groups is 1. The summed E-state index contributed by atoms with van der Waals surface area (Å²) in [4.78, 5) is 0.473. The molecule has 1 heterocycles. The lowest BCUT2D eigenvalue weighted by atomic mass is 9.95. The van der Waals surface area contributed by atoms with Gasteiger partial charge in [0, 0.05) is 18.7 Å². The molecule has 1 atom stereocenters. The van der Waals surface area contributed by atoms with Gasteiger partial charge in [-0.1, -0.05) is 35.2 Å². The quantitative estimate of drug-likeness (QED) is 0.500. The highest BCUT2D eigenvalue weighted by Crippen LogP contribution is 2.28. The zero-order valence-corrected chi connectivity index (χ0v) is 8.83. The number of rotatable bonds is 1. The van der Waals surface area contributed by atoms with Crippen LogP contribution >= 0.6 is 15.9 Å². The third-order valence-electron chi connectivity index (χ3n) is 2.75. The van der Waals surface area contributed by atoms with Gasteiger partial charge in [0.15, 0.2) is 0 Å². The van der Waals surface area contributed by atoms with E-state index in [1.54, 1.807) is 0 Å². The highest BCUT2D eigenvalue weighted by molar-refractivity contribution is 9.09. The van der Waals surface area contributed by atoms with Crippen molar-refractivity contribution in [3.05, 3.63) is 0 Å². The molecule has 0 aromatic carbocycles. The molecule has 1 saturated carbocycles. The van der Waals surface area contributed by atoms with E-state index in [4.69, 9.17) is 0 Å². The molecule has 1 aliphatic heterocycles. The molecule has 0 N–H and O–H groups in total. The summed E-state index contributed by atoms with van der Waals surface area (Å²) in [6.45, 7) is 0. The minimum atomic E-state index is 0.473. The topological polar surface area (TPSA) is 15.6 Å². The van der Waals surface area contributed by atoms with Gasteiger partial charge in [-0.15, -0.1) is 0 Å². The third-order valence-corrected chi connectivity index (χ3v) is 3.54. The van der Waals surface area contributed by atoms with Crippen LogP contribution in [0.2, 0.25) is 0 Å². The van der Waals surface area contributed by atoms with Crippen LogP contribution in [-0.4, -0.2) is 22.2 Å². The van der Waals surface area contributed by atoms with Crippen molar-refractivity contribution >= 4 is 22.1 Å². The second kappa shape index (κ2) is 3.77. The van der Waals surface area contributed by atoms with Crippen LogP contribution in [0.4, 0.5) is 0 Å². The van der Waals surface area contributed by atoms with Gasteiger partial charge in [0.1, 0.15) is 4.95 Å². The molecule has 0 bridgehead atoms. The van der Waals surface area contributed by atoms with E-state index >= 15 is 0 Å². The normalized spacial score (nSPS) is 31.4. The zero-order chi connectivity index (χ0) is 8.39. The molecular weight excluding hydrogens is 216 g/mol. The summed E-state index contributed by atoms with van der Waals surface area (Å²) in [5.74, 6) is 0. The van der Waals surface area contributed by atoms with E-state index in [-0.39, 0.29) is 0 Å². The Bertz CT molecular complexity index is 175. The van der Waals surface area contributed by atoms with Crippen molar-refractivity contribution in [2.24, 2.45) is 5.10 Å². The second-order valence-electron chi connectivity index (χ2n) is 3.64. The number of nitrogens with zero attached hydrogens (tertiary/aromatic N) is 2. The van der Waals surface area contributed by atoms with Crippen molar-refractivity contribution in [2.75, 3.05) is 0 Å². The van der Waals surface area contributed by atoms with E-state index in [0.29, 0.717) is 11.0 Å². The van der Waals surface area contributed by atoms with Gasteiger partial charge in [-0.2, -0.15) is 5.10 Å². The Morgan fingerprint density at radius 2 is 2.00 bits per heavy atom. The molecule has 1 unspecified atom stereocenters. The molecule has 0 spiro atoms. The highest BCUT2D eigenvalue weighted by Gasteiger charge is 2.26. The van der Waals surface area contributed by atoms with Crippen LogP contribution in [0.25, 0.3) is 0 Å². The molecule has 1 aliphatic carbocycles. The number of alkyl halides is 1. The first kappa shape index (κ1) is 8.54. The molecule has 0 amide bonds. The van der Waals surface area contributed by atoms with Crippen molar-refractivity contribution in [1.82, 2.24) is 5.01 Å². The summed E-state index contributed by atoms with van der Waals surface area (Å²) in [5.41, 5.74) is 0. The Balaban J connectivity index is 1.93. The van der Waals surface area contributed by atoms with Gasteiger partial charge in [0.25, 0.3) is 0 Å². The van der Waals surface area contributed by atoms with E-state index in [1.807, 2.05) is 6.21 Å². The predicted molar refractivity (Wildman–Crippen MR) is 54.5 cm³/mol. The van der Waals surface area contributed by atoms with Crippen molar-refractivity contribution in [1.29, 1.82) is 0 Å². The van der Waals surface area contributed by atoms with Crippen LogP contribution < -0.4 is 0 Å². The van der Waals surface area contributed by atoms with Crippen molar-refractivity contribution in [2.45, 2.75) is 49.5 Å². The van der Waals surface area contributed by atoms with E-state index in [9.17, 15) is 0 Å². The Hall–Kier alpha value is -0.0500. The molecule has 68 valence electrons. The molecule has 12 heavy (non-hydrogen) atoms. The maximum Gasteiger partial charge on any atom is 0.107 e. The lowest BCUT2D eigenvalue weighted by Gasteiger charge is -2.32. The summed E-state index contributed by atoms with van der Waals surface area (Å²) in [6, 6.07) is 0.710. The van der Waals surface area contributed by atoms with Crippen LogP contribution in [0.3, 0.4) is 0 Å². The van der Waals surface area contributed by atoms with Crippen LogP contribution in [0.1, 0.15) is 38.5 Å². The Morgan fingerprint density at radius 1 is 1.25 bits per heavy atom. The van der Waals surface area contributed by atoms with E-state index in [1.165, 1.54) is 32.1 Å². The molecule has 1 fully saturated rings. The monoisotopic (exact) mass is 230 g/mol. The molecule has 0 radical (unpaired) electrons. The van der Waals surface area contributed by atoms with Gasteiger partial charge < -0.3 is 0 Å². The van der Waals surface area contributed by atoms with Crippen LogP contribution in [0.15, 0.2) is 5.10 Å². The fourth-order valence-electron chi connectivity index (χ4n) is 2.08. The van der Waals surface area contributed by atoms with Gasteiger partial charge in [-0.25, -0.2) is 0 Å². The first-order chi connectivity index (χ1) is 5.88. The van der Waals surface area contributed by atoms with Crippen molar-refractivity contribution in [3.8, 4) is 0 Å². The first-order valence-electron chi connectivity index (χ1n) is 4.83. The average molecular weight is 231 g/mol. The van der Waals surface area contributed by atoms with Gasteiger partial charge in [-0.05, 0) is 12.8 Å². The number of hydrogen-bond donors (Lipinski definition) is 0. The molecule has 2 rings (SSSR count). The average Bonchev–Trinajstić information content (AvgIpc) is 2.53. The largest absolute Gasteiger partial charge is 0.280 e. The molecule has 0 aromatic rings. The van der Waals surface area contributed by atoms with E-state index in [2.05, 4.69) is 26.0 Å². The summed E-state index contributed by atoms with van der Waals surface area (Å²) in [6.07, 6.45) is 9.94. The van der Waals surface area contributed by atoms with Crippen LogP contribution in [0, 0.1) is 0 Å². The summed E-state index contributed by atoms with van der Waals surface area (Å²) in [7, 11) is 0. The summed E-state index contributed by atoms with van der Waals surface area (Å²) < 4.78 is 0. The lowest BCUT2D eigenvalue weighted by Crippen LogP contribution is -2.34. The van der Waals surface area contributed by atoms with Crippen molar-refractivity contribution < 1.29 is 0 Å². The fraction of sp³-hybridized carbons (Fsp3) is 0.889. The smallest absolute Gasteiger partial charge is 0.107 e. The highest BCUT2D eigenvalue weighted by atomic mass is 79.9. The minimum Gasteiger partial charge on any atom is -0.280 e. The number of halogens is 1. The second-order valence-corrected chi connectivity index (χ2v) is 4.70. The molecule has 2 nitrogen and oxygen atoms in total. The zero-order valence-electron chi connectivity index (χ0n) is 7.25. The fourth-order valence-corrected chi connectivity index (χ4v) is 2.68. The van der Waals surface area contributed by atoms with Gasteiger partial charge in [0.2, 0.25) is 0 Å². The molecular formula is C9H15BrN2. The number of hydrogen-bond acceptors (Lipinski definition) is 2. The molecule has 2 aliphatic rings. The standard InChI is InChI=1S/C9H15BrN2/c10-9-6-7-11-12(9)8-4-2-1-3-5-8/h7-9H,1-6H2. The van der Waals surface area contributed by atoms with Crippen LogP contribution in [-0.2, 0) is 0 Å². The third kappa shape index (κ3) is 1.65. The Morgan fingerprint density at radius 3 is 2.58 bits per heavy atom. The van der Waals surface area contributed by atoms with E-state index in [0.717, 1.165) is 6.42 Å². The van der Waals surface area contributed by atoms with Gasteiger partial charge >= 0.3 is 0 Å². The first-order valence-corrected chi connectivity index (χ1v) is 5.74. The Labute approximate surface area is 82.1 Å². The summed E-state index contributed by atoms with van der Waals surface area (Å²) in [5, 5.41) is 6.65. The maximum atomic E-state index is 4.40. The van der Waals surface area contributed by atoms with Crippen molar-refractivity contribution in [3.63, 3.8) is 0 Å².